The van der Waals surface area contributed by atoms with Crippen LogP contribution in [0.4, 0.5) is 0 Å². The highest BCUT2D eigenvalue weighted by Crippen LogP contribution is 2.24. The van der Waals surface area contributed by atoms with E-state index >= 15 is 0 Å². The summed E-state index contributed by atoms with van der Waals surface area (Å²) in [5.41, 5.74) is 0. The Bertz CT molecular complexity index is 511. The number of rotatable bonds is 5. The molecule has 0 aromatic carbocycles. The van der Waals surface area contributed by atoms with Gasteiger partial charge in [-0.05, 0) is 0 Å². The fourth-order valence-corrected chi connectivity index (χ4v) is 6.72. The van der Waals surface area contributed by atoms with Crippen molar-refractivity contribution in [3.63, 3.8) is 0 Å². The van der Waals surface area contributed by atoms with Crippen molar-refractivity contribution in [1.82, 2.24) is 4.31 Å². The number of carboxylic acid groups (broad SMARTS) is 1. The van der Waals surface area contributed by atoms with Crippen LogP contribution in [0.1, 0.15) is 6.92 Å². The molecule has 0 bridgehead atoms. The lowest BCUT2D eigenvalue weighted by molar-refractivity contribution is -0.134. The smallest absolute Gasteiger partial charge is 0.320 e. The molecule has 1 heterocycles. The van der Waals surface area contributed by atoms with E-state index in [0.717, 1.165) is 4.31 Å². The van der Waals surface area contributed by atoms with Crippen molar-refractivity contribution < 1.29 is 26.7 Å². The molecule has 1 fully saturated rings. The molecule has 0 radical (unpaired) electrons. The quantitative estimate of drug-likeness (QED) is 0.707. The van der Waals surface area contributed by atoms with Gasteiger partial charge in [0.25, 0.3) is 0 Å². The minimum atomic E-state index is -4.08. The Morgan fingerprint density at radius 1 is 1.39 bits per heavy atom. The Labute approximate surface area is 111 Å². The first-order valence-electron chi connectivity index (χ1n) is 5.21. The molecular formula is C8H15NO6S3. The zero-order valence-electron chi connectivity index (χ0n) is 9.77. The topological polar surface area (TPSA) is 109 Å². The molecule has 1 aliphatic rings. The van der Waals surface area contributed by atoms with Gasteiger partial charge in [-0.2, -0.15) is 16.1 Å². The minimum Gasteiger partial charge on any atom is -0.480 e. The minimum absolute atomic E-state index is 0.0319. The second-order valence-electron chi connectivity index (χ2n) is 3.74. The monoisotopic (exact) mass is 317 g/mol. The Balaban J connectivity index is 3.07. The summed E-state index contributed by atoms with van der Waals surface area (Å²) in [6.07, 6.45) is 0. The predicted octanol–water partition coefficient (Wildman–Crippen LogP) is -0.790. The van der Waals surface area contributed by atoms with Crippen LogP contribution in [0.2, 0.25) is 0 Å². The lowest BCUT2D eigenvalue weighted by Crippen LogP contribution is -2.51. The molecule has 18 heavy (non-hydrogen) atoms. The molecule has 1 rings (SSSR count). The van der Waals surface area contributed by atoms with Crippen LogP contribution >= 0.6 is 11.8 Å². The molecule has 0 aliphatic carbocycles. The van der Waals surface area contributed by atoms with Gasteiger partial charge < -0.3 is 5.11 Å². The highest BCUT2D eigenvalue weighted by molar-refractivity contribution is 8.01. The van der Waals surface area contributed by atoms with Gasteiger partial charge >= 0.3 is 5.97 Å². The molecule has 0 aromatic heterocycles. The Kier molecular flexibility index (Phi) is 5.04. The van der Waals surface area contributed by atoms with Gasteiger partial charge in [-0.25, -0.2) is 16.8 Å². The van der Waals surface area contributed by atoms with Crippen molar-refractivity contribution in [2.24, 2.45) is 0 Å². The van der Waals surface area contributed by atoms with Crippen molar-refractivity contribution >= 4 is 37.6 Å². The first-order valence-corrected chi connectivity index (χ1v) is 9.69. The standard InChI is InChI=1S/C8H15NO6S3/c1-2-17(12,13)7-5-16-4-3-9(7)18(14,15)6-8(10)11/h7H,2-6H2,1H3,(H,10,11). The van der Waals surface area contributed by atoms with E-state index in [2.05, 4.69) is 0 Å². The average Bonchev–Trinajstić information content (AvgIpc) is 2.27. The number of nitrogens with zero attached hydrogens (tertiary/aromatic N) is 1. The van der Waals surface area contributed by atoms with Crippen LogP contribution in [0, 0.1) is 0 Å². The lowest BCUT2D eigenvalue weighted by Gasteiger charge is -2.33. The van der Waals surface area contributed by atoms with Crippen LogP contribution in [0.25, 0.3) is 0 Å². The summed E-state index contributed by atoms with van der Waals surface area (Å²) >= 11 is 1.35. The summed E-state index contributed by atoms with van der Waals surface area (Å²) < 4.78 is 48.2. The third kappa shape index (κ3) is 3.59. The molecule has 10 heteroatoms. The molecule has 1 saturated heterocycles. The van der Waals surface area contributed by atoms with Crippen molar-refractivity contribution in [2.75, 3.05) is 29.6 Å². The molecule has 0 amide bonds. The number of hydrogen-bond donors (Lipinski definition) is 1. The summed E-state index contributed by atoms with van der Waals surface area (Å²) in [7, 11) is -7.64. The van der Waals surface area contributed by atoms with Crippen LogP contribution in [0.15, 0.2) is 0 Å². The van der Waals surface area contributed by atoms with Crippen molar-refractivity contribution in [2.45, 2.75) is 12.3 Å². The third-order valence-corrected chi connectivity index (χ3v) is 7.70. The van der Waals surface area contributed by atoms with Crippen LogP contribution < -0.4 is 0 Å². The molecule has 0 aromatic rings. The summed E-state index contributed by atoms with van der Waals surface area (Å²) in [5, 5.41) is 7.42. The second-order valence-corrected chi connectivity index (χ2v) is 9.26. The van der Waals surface area contributed by atoms with Gasteiger partial charge in [-0.1, -0.05) is 6.92 Å². The zero-order chi connectivity index (χ0) is 14.0. The SMILES string of the molecule is CCS(=O)(=O)C1CSCCN1S(=O)(=O)CC(=O)O. The number of hydrogen-bond acceptors (Lipinski definition) is 6. The maximum absolute atomic E-state index is 11.8. The van der Waals surface area contributed by atoms with Gasteiger partial charge in [0.2, 0.25) is 10.0 Å². The lowest BCUT2D eigenvalue weighted by atomic mass is 10.6. The van der Waals surface area contributed by atoms with Crippen molar-refractivity contribution in [3.05, 3.63) is 0 Å². The van der Waals surface area contributed by atoms with Crippen molar-refractivity contribution in [3.8, 4) is 0 Å². The van der Waals surface area contributed by atoms with Gasteiger partial charge in [0.05, 0.1) is 0 Å². The normalized spacial score (nSPS) is 22.8. The molecule has 0 spiro atoms. The number of sulfonamides is 1. The Morgan fingerprint density at radius 3 is 2.50 bits per heavy atom. The molecule has 0 saturated carbocycles. The van der Waals surface area contributed by atoms with E-state index in [-0.39, 0.29) is 18.1 Å². The molecular weight excluding hydrogens is 302 g/mol. The van der Waals surface area contributed by atoms with Gasteiger partial charge in [-0.15, -0.1) is 0 Å². The summed E-state index contributed by atoms with van der Waals surface area (Å²) in [6, 6.07) is 0. The van der Waals surface area contributed by atoms with E-state index in [4.69, 9.17) is 5.11 Å². The maximum Gasteiger partial charge on any atom is 0.320 e. The average molecular weight is 317 g/mol. The second kappa shape index (κ2) is 5.76. The Hall–Kier alpha value is -0.320. The highest BCUT2D eigenvalue weighted by Gasteiger charge is 2.40. The fraction of sp³-hybridized carbons (Fsp3) is 0.875. The summed E-state index contributed by atoms with van der Waals surface area (Å²) in [5.74, 6) is -2.12. The van der Waals surface area contributed by atoms with Crippen LogP contribution in [0.5, 0.6) is 0 Å². The van der Waals surface area contributed by atoms with Gasteiger partial charge in [0, 0.05) is 23.8 Å². The van der Waals surface area contributed by atoms with E-state index in [1.165, 1.54) is 18.7 Å². The zero-order valence-corrected chi connectivity index (χ0v) is 12.2. The number of sulfone groups is 1. The van der Waals surface area contributed by atoms with Crippen LogP contribution in [0.3, 0.4) is 0 Å². The molecule has 106 valence electrons. The number of carbonyl (C=O) groups is 1. The molecule has 1 aliphatic heterocycles. The number of thioether (sulfide) groups is 1. The summed E-state index contributed by atoms with van der Waals surface area (Å²) in [4.78, 5) is 10.5. The predicted molar refractivity (Wildman–Crippen MR) is 68.7 cm³/mol. The largest absolute Gasteiger partial charge is 0.480 e. The van der Waals surface area contributed by atoms with Crippen LogP contribution in [-0.4, -0.2) is 67.1 Å². The van der Waals surface area contributed by atoms with Gasteiger partial charge in [-0.3, -0.25) is 4.79 Å². The highest BCUT2D eigenvalue weighted by atomic mass is 32.2. The van der Waals surface area contributed by atoms with E-state index in [1.54, 1.807) is 0 Å². The first-order chi connectivity index (χ1) is 8.20. The maximum atomic E-state index is 11.8. The van der Waals surface area contributed by atoms with Crippen molar-refractivity contribution in [1.29, 1.82) is 0 Å². The number of carboxylic acids is 1. The number of aliphatic carboxylic acids is 1. The first kappa shape index (κ1) is 15.7. The van der Waals surface area contributed by atoms with Crippen LogP contribution in [-0.2, 0) is 24.7 Å². The van der Waals surface area contributed by atoms with E-state index < -0.39 is 37.0 Å². The van der Waals surface area contributed by atoms with E-state index in [0.29, 0.717) is 5.75 Å². The third-order valence-electron chi connectivity index (χ3n) is 2.52. The van der Waals surface area contributed by atoms with Gasteiger partial charge in [0.1, 0.15) is 5.37 Å². The van der Waals surface area contributed by atoms with E-state index in [9.17, 15) is 21.6 Å². The molecule has 1 N–H and O–H groups in total. The molecule has 1 atom stereocenters. The molecule has 1 unspecified atom stereocenters. The fourth-order valence-electron chi connectivity index (χ4n) is 1.60. The summed E-state index contributed by atoms with van der Waals surface area (Å²) in [6.45, 7) is 1.47. The van der Waals surface area contributed by atoms with Gasteiger partial charge in [0.15, 0.2) is 15.6 Å². The van der Waals surface area contributed by atoms with E-state index in [1.807, 2.05) is 0 Å². The Morgan fingerprint density at radius 2 is 2.00 bits per heavy atom. The molecule has 7 nitrogen and oxygen atoms in total.